The molecule has 3 heteroatoms. The zero-order valence-corrected chi connectivity index (χ0v) is 11.4. The predicted molar refractivity (Wildman–Crippen MR) is 68.0 cm³/mol. The molecule has 0 aromatic rings. The average molecular weight is 250 g/mol. The van der Waals surface area contributed by atoms with Crippen LogP contribution in [-0.4, -0.2) is 23.8 Å². The Balaban J connectivity index is 1.83. The van der Waals surface area contributed by atoms with E-state index in [1.807, 2.05) is 6.92 Å². The summed E-state index contributed by atoms with van der Waals surface area (Å²) in [6.45, 7) is 6.33. The fraction of sp³-hybridized carbons (Fsp3) is 0.800. The molecule has 5 atom stereocenters. The molecule has 1 aliphatic carbocycles. The number of epoxide rings is 1. The minimum Gasteiger partial charge on any atom is -0.458 e. The normalized spacial score (nSPS) is 50.6. The summed E-state index contributed by atoms with van der Waals surface area (Å²) in [5.74, 6) is 0.318. The van der Waals surface area contributed by atoms with E-state index in [0.717, 1.165) is 25.7 Å². The standard InChI is InChI=1S/C15H22O3/c1-9-4-5-13-15(3,18-13)7-6-11-10(2)14(16)17-12(11)8-9/h8,10-13H,4-7H2,1-3H3/b9-8-/t10-,11-,12+,13+,15-/m0/s1. The van der Waals surface area contributed by atoms with E-state index in [-0.39, 0.29) is 23.6 Å². The lowest BCUT2D eigenvalue weighted by Gasteiger charge is -2.20. The molecule has 0 aromatic carbocycles. The molecule has 0 bridgehead atoms. The van der Waals surface area contributed by atoms with Crippen molar-refractivity contribution in [2.24, 2.45) is 11.8 Å². The second kappa shape index (κ2) is 4.09. The molecule has 3 rings (SSSR count). The molecule has 0 saturated carbocycles. The van der Waals surface area contributed by atoms with E-state index in [4.69, 9.17) is 9.47 Å². The maximum Gasteiger partial charge on any atom is 0.309 e. The van der Waals surface area contributed by atoms with Gasteiger partial charge >= 0.3 is 5.97 Å². The van der Waals surface area contributed by atoms with Gasteiger partial charge in [-0.3, -0.25) is 4.79 Å². The van der Waals surface area contributed by atoms with Gasteiger partial charge in [0.1, 0.15) is 6.10 Å². The van der Waals surface area contributed by atoms with Gasteiger partial charge in [-0.25, -0.2) is 0 Å². The van der Waals surface area contributed by atoms with Crippen molar-refractivity contribution in [2.75, 3.05) is 0 Å². The Bertz CT molecular complexity index is 401. The molecule has 2 heterocycles. The molecule has 2 saturated heterocycles. The van der Waals surface area contributed by atoms with Gasteiger partial charge in [0.05, 0.1) is 17.6 Å². The zero-order chi connectivity index (χ0) is 12.9. The van der Waals surface area contributed by atoms with Gasteiger partial charge in [0, 0.05) is 5.92 Å². The van der Waals surface area contributed by atoms with E-state index >= 15 is 0 Å². The number of esters is 1. The number of ether oxygens (including phenoxy) is 2. The van der Waals surface area contributed by atoms with Gasteiger partial charge in [-0.15, -0.1) is 0 Å². The van der Waals surface area contributed by atoms with E-state index in [2.05, 4.69) is 19.9 Å². The number of carbonyl (C=O) groups excluding carboxylic acids is 1. The molecule has 2 aliphatic heterocycles. The van der Waals surface area contributed by atoms with Crippen LogP contribution in [0.1, 0.15) is 46.5 Å². The third-order valence-electron chi connectivity index (χ3n) is 4.95. The maximum atomic E-state index is 11.7. The van der Waals surface area contributed by atoms with Crippen LogP contribution < -0.4 is 0 Å². The van der Waals surface area contributed by atoms with Crippen LogP contribution in [0, 0.1) is 11.8 Å². The Kier molecular flexibility index (Phi) is 2.77. The number of hydrogen-bond donors (Lipinski definition) is 0. The highest BCUT2D eigenvalue weighted by atomic mass is 16.6. The van der Waals surface area contributed by atoms with Crippen LogP contribution in [0.5, 0.6) is 0 Å². The van der Waals surface area contributed by atoms with Gasteiger partial charge in [-0.2, -0.15) is 0 Å². The molecule has 18 heavy (non-hydrogen) atoms. The van der Waals surface area contributed by atoms with E-state index in [1.54, 1.807) is 0 Å². The summed E-state index contributed by atoms with van der Waals surface area (Å²) in [5.41, 5.74) is 1.39. The number of allylic oxidation sites excluding steroid dienone is 1. The summed E-state index contributed by atoms with van der Waals surface area (Å²) in [5, 5.41) is 0. The van der Waals surface area contributed by atoms with Crippen molar-refractivity contribution in [2.45, 2.75) is 64.3 Å². The topological polar surface area (TPSA) is 38.8 Å². The van der Waals surface area contributed by atoms with E-state index in [9.17, 15) is 4.79 Å². The minimum atomic E-state index is -0.0354. The van der Waals surface area contributed by atoms with Crippen LogP contribution in [0.3, 0.4) is 0 Å². The van der Waals surface area contributed by atoms with Crippen molar-refractivity contribution in [3.8, 4) is 0 Å². The first kappa shape index (κ1) is 12.2. The lowest BCUT2D eigenvalue weighted by molar-refractivity contribution is -0.142. The van der Waals surface area contributed by atoms with Crippen molar-refractivity contribution >= 4 is 5.97 Å². The molecule has 2 fully saturated rings. The summed E-state index contributed by atoms with van der Waals surface area (Å²) >= 11 is 0. The van der Waals surface area contributed by atoms with Crippen molar-refractivity contribution in [3.63, 3.8) is 0 Å². The molecule has 0 aromatic heterocycles. The molecular formula is C15H22O3. The Morgan fingerprint density at radius 1 is 1.39 bits per heavy atom. The SMILES string of the molecule is C/C1=C/[C@H]2OC(=O)[C@@H](C)[C@@H]2CC[C@]2(C)O[C@@H]2CC1. The molecule has 0 spiro atoms. The van der Waals surface area contributed by atoms with Crippen LogP contribution in [-0.2, 0) is 14.3 Å². The highest BCUT2D eigenvalue weighted by Gasteiger charge is 2.52. The van der Waals surface area contributed by atoms with Crippen LogP contribution in [0.15, 0.2) is 11.6 Å². The molecule has 0 N–H and O–H groups in total. The van der Waals surface area contributed by atoms with Crippen LogP contribution in [0.4, 0.5) is 0 Å². The summed E-state index contributed by atoms with van der Waals surface area (Å²) in [6, 6.07) is 0. The highest BCUT2D eigenvalue weighted by Crippen LogP contribution is 2.46. The van der Waals surface area contributed by atoms with Crippen molar-refractivity contribution < 1.29 is 14.3 Å². The number of rotatable bonds is 0. The zero-order valence-electron chi connectivity index (χ0n) is 11.4. The lowest BCUT2D eigenvalue weighted by Crippen LogP contribution is -2.22. The molecule has 3 aliphatic rings. The van der Waals surface area contributed by atoms with Crippen LogP contribution >= 0.6 is 0 Å². The Hall–Kier alpha value is -0.830. The lowest BCUT2D eigenvalue weighted by atomic mass is 9.82. The monoisotopic (exact) mass is 250 g/mol. The smallest absolute Gasteiger partial charge is 0.309 e. The second-order valence-electron chi connectivity index (χ2n) is 6.36. The number of hydrogen-bond acceptors (Lipinski definition) is 3. The van der Waals surface area contributed by atoms with Gasteiger partial charge in [0.2, 0.25) is 0 Å². The minimum absolute atomic E-state index is 0.00796. The highest BCUT2D eigenvalue weighted by molar-refractivity contribution is 5.75. The van der Waals surface area contributed by atoms with Gasteiger partial charge in [0.15, 0.2) is 0 Å². The number of carbonyl (C=O) groups is 1. The summed E-state index contributed by atoms with van der Waals surface area (Å²) in [7, 11) is 0. The summed E-state index contributed by atoms with van der Waals surface area (Å²) in [4.78, 5) is 11.7. The Morgan fingerprint density at radius 2 is 2.17 bits per heavy atom. The summed E-state index contributed by atoms with van der Waals surface area (Å²) < 4.78 is 11.3. The van der Waals surface area contributed by atoms with Gasteiger partial charge in [-0.1, -0.05) is 12.5 Å². The average Bonchev–Trinajstić information content (AvgIpc) is 2.89. The maximum absolute atomic E-state index is 11.7. The van der Waals surface area contributed by atoms with Crippen molar-refractivity contribution in [3.05, 3.63) is 11.6 Å². The molecule has 0 radical (unpaired) electrons. The predicted octanol–water partition coefficient (Wildman–Crippen LogP) is 2.84. The van der Waals surface area contributed by atoms with Crippen molar-refractivity contribution in [1.82, 2.24) is 0 Å². The Labute approximate surface area is 109 Å². The van der Waals surface area contributed by atoms with Crippen LogP contribution in [0.2, 0.25) is 0 Å². The van der Waals surface area contributed by atoms with Crippen LogP contribution in [0.25, 0.3) is 0 Å². The first-order valence-electron chi connectivity index (χ1n) is 7.05. The third kappa shape index (κ3) is 1.99. The van der Waals surface area contributed by atoms with Gasteiger partial charge in [0.25, 0.3) is 0 Å². The fourth-order valence-electron chi connectivity index (χ4n) is 3.41. The first-order chi connectivity index (χ1) is 8.49. The molecule has 3 nitrogen and oxygen atoms in total. The van der Waals surface area contributed by atoms with Gasteiger partial charge in [-0.05, 0) is 45.6 Å². The first-order valence-corrected chi connectivity index (χ1v) is 7.05. The fourth-order valence-corrected chi connectivity index (χ4v) is 3.41. The third-order valence-corrected chi connectivity index (χ3v) is 4.95. The second-order valence-corrected chi connectivity index (χ2v) is 6.36. The number of fused-ring (bicyclic) bond motifs is 2. The van der Waals surface area contributed by atoms with E-state index in [0.29, 0.717) is 12.0 Å². The van der Waals surface area contributed by atoms with E-state index < -0.39 is 0 Å². The molecule has 100 valence electrons. The molecule has 0 amide bonds. The largest absolute Gasteiger partial charge is 0.458 e. The molecule has 0 unspecified atom stereocenters. The Morgan fingerprint density at radius 3 is 2.94 bits per heavy atom. The summed E-state index contributed by atoms with van der Waals surface area (Å²) in [6.07, 6.45) is 6.80. The van der Waals surface area contributed by atoms with Crippen molar-refractivity contribution in [1.29, 1.82) is 0 Å². The molecular weight excluding hydrogens is 228 g/mol. The van der Waals surface area contributed by atoms with E-state index in [1.165, 1.54) is 5.57 Å². The quantitative estimate of drug-likeness (QED) is 0.377. The van der Waals surface area contributed by atoms with Gasteiger partial charge < -0.3 is 9.47 Å².